The summed E-state index contributed by atoms with van der Waals surface area (Å²) < 4.78 is 16.7. The number of hydrogen-bond acceptors (Lipinski definition) is 4. The highest BCUT2D eigenvalue weighted by molar-refractivity contribution is 7.08. The molecule has 0 radical (unpaired) electrons. The third kappa shape index (κ3) is 2.49. The highest BCUT2D eigenvalue weighted by atomic mass is 32.1. The van der Waals surface area contributed by atoms with Gasteiger partial charge in [0.15, 0.2) is 11.5 Å². The Balaban J connectivity index is 1.95. The highest BCUT2D eigenvalue weighted by Crippen LogP contribution is 2.36. The molecule has 1 aliphatic rings. The molecule has 86 valence electrons. The average molecular weight is 238 g/mol. The van der Waals surface area contributed by atoms with Gasteiger partial charge in [0, 0.05) is 10.8 Å². The first-order valence-electron chi connectivity index (χ1n) is 5.06. The van der Waals surface area contributed by atoms with Crippen molar-refractivity contribution in [3.8, 4) is 23.8 Å². The van der Waals surface area contributed by atoms with E-state index in [9.17, 15) is 0 Å². The first-order chi connectivity index (χ1) is 7.73. The quantitative estimate of drug-likeness (QED) is 0.596. The zero-order valence-electron chi connectivity index (χ0n) is 9.19. The average Bonchev–Trinajstić information content (AvgIpc) is 2.66. The lowest BCUT2D eigenvalue weighted by Gasteiger charge is -2.25. The lowest BCUT2D eigenvalue weighted by atomic mass is 9.94. The predicted octanol–water partition coefficient (Wildman–Crippen LogP) is 2.18. The molecule has 4 heteroatoms. The zero-order chi connectivity index (χ0) is 11.4. The van der Waals surface area contributed by atoms with Crippen molar-refractivity contribution >= 4 is 11.3 Å². The van der Waals surface area contributed by atoms with Crippen LogP contribution in [0.3, 0.4) is 0 Å². The summed E-state index contributed by atoms with van der Waals surface area (Å²) in [5.74, 6) is 4.10. The summed E-state index contributed by atoms with van der Waals surface area (Å²) in [4.78, 5) is 0. The number of thiophene rings is 1. The van der Waals surface area contributed by atoms with Gasteiger partial charge < -0.3 is 14.2 Å². The normalized spacial score (nSPS) is 17.5. The Labute approximate surface area is 99.3 Å². The smallest absolute Gasteiger partial charge is 0.171 e. The van der Waals surface area contributed by atoms with Crippen molar-refractivity contribution in [1.29, 1.82) is 0 Å². The molecule has 2 heterocycles. The minimum absolute atomic E-state index is 0.145. The van der Waals surface area contributed by atoms with Gasteiger partial charge in [-0.2, -0.15) is 0 Å². The molecule has 0 aromatic carbocycles. The number of fused-ring (bicyclic) bond motifs is 1. The van der Waals surface area contributed by atoms with Crippen LogP contribution in [0.5, 0.6) is 11.5 Å². The largest absolute Gasteiger partial charge is 0.488 e. The van der Waals surface area contributed by atoms with Crippen LogP contribution in [-0.4, -0.2) is 26.4 Å². The maximum Gasteiger partial charge on any atom is 0.171 e. The SMILES string of the molecule is C#CCOCC1(C)COc2cscc2OC1. The van der Waals surface area contributed by atoms with Gasteiger partial charge in [0.2, 0.25) is 0 Å². The summed E-state index contributed by atoms with van der Waals surface area (Å²) in [5.41, 5.74) is -0.145. The molecule has 0 atom stereocenters. The van der Waals surface area contributed by atoms with Gasteiger partial charge in [-0.05, 0) is 0 Å². The van der Waals surface area contributed by atoms with E-state index in [1.807, 2.05) is 10.8 Å². The lowest BCUT2D eigenvalue weighted by Crippen LogP contribution is -2.35. The van der Waals surface area contributed by atoms with Crippen LogP contribution < -0.4 is 9.47 Å². The van der Waals surface area contributed by atoms with Crippen molar-refractivity contribution in [3.63, 3.8) is 0 Å². The fourth-order valence-corrected chi connectivity index (χ4v) is 2.15. The topological polar surface area (TPSA) is 27.7 Å². The Morgan fingerprint density at radius 1 is 1.44 bits per heavy atom. The van der Waals surface area contributed by atoms with Crippen molar-refractivity contribution in [2.24, 2.45) is 5.41 Å². The minimum Gasteiger partial charge on any atom is -0.488 e. The van der Waals surface area contributed by atoms with Crippen molar-refractivity contribution in [2.75, 3.05) is 26.4 Å². The second-order valence-corrected chi connectivity index (χ2v) is 4.93. The molecule has 0 saturated carbocycles. The summed E-state index contributed by atoms with van der Waals surface area (Å²) >= 11 is 1.58. The Hall–Kier alpha value is -1.18. The van der Waals surface area contributed by atoms with Gasteiger partial charge in [0.1, 0.15) is 6.61 Å². The molecule has 0 fully saturated rings. The van der Waals surface area contributed by atoms with Gasteiger partial charge in [-0.3, -0.25) is 0 Å². The minimum atomic E-state index is -0.145. The first kappa shape index (κ1) is 11.3. The molecule has 0 N–H and O–H groups in total. The molecule has 0 bridgehead atoms. The Bertz CT molecular complexity index is 369. The molecule has 0 spiro atoms. The molecular weight excluding hydrogens is 224 g/mol. The van der Waals surface area contributed by atoms with E-state index in [-0.39, 0.29) is 5.41 Å². The van der Waals surface area contributed by atoms with E-state index >= 15 is 0 Å². The third-order valence-electron chi connectivity index (χ3n) is 2.38. The molecule has 1 aromatic rings. The van der Waals surface area contributed by atoms with E-state index in [2.05, 4.69) is 12.8 Å². The fraction of sp³-hybridized carbons (Fsp3) is 0.500. The predicted molar refractivity (Wildman–Crippen MR) is 63.1 cm³/mol. The van der Waals surface area contributed by atoms with Gasteiger partial charge in [-0.15, -0.1) is 17.8 Å². The molecule has 2 rings (SSSR count). The van der Waals surface area contributed by atoms with Crippen LogP contribution in [0.2, 0.25) is 0 Å². The molecule has 16 heavy (non-hydrogen) atoms. The Morgan fingerprint density at radius 2 is 2.06 bits per heavy atom. The number of ether oxygens (including phenoxy) is 3. The monoisotopic (exact) mass is 238 g/mol. The molecule has 1 aliphatic heterocycles. The third-order valence-corrected chi connectivity index (χ3v) is 3.08. The molecule has 0 aliphatic carbocycles. The Kier molecular flexibility index (Phi) is 3.37. The molecular formula is C12H14O3S. The Morgan fingerprint density at radius 3 is 2.62 bits per heavy atom. The second kappa shape index (κ2) is 4.77. The van der Waals surface area contributed by atoms with Gasteiger partial charge in [-0.1, -0.05) is 12.8 Å². The van der Waals surface area contributed by atoms with Crippen molar-refractivity contribution in [3.05, 3.63) is 10.8 Å². The summed E-state index contributed by atoms with van der Waals surface area (Å²) in [6.07, 6.45) is 5.13. The van der Waals surface area contributed by atoms with Gasteiger partial charge in [-0.25, -0.2) is 0 Å². The summed E-state index contributed by atoms with van der Waals surface area (Å²) in [7, 11) is 0. The van der Waals surface area contributed by atoms with E-state index in [4.69, 9.17) is 20.6 Å². The molecule has 0 saturated heterocycles. The standard InChI is InChI=1S/C12H14O3S/c1-3-4-13-7-12(2)8-14-10-5-16-6-11(10)15-9-12/h1,5-6H,4,7-9H2,2H3. The van der Waals surface area contributed by atoms with Gasteiger partial charge >= 0.3 is 0 Å². The highest BCUT2D eigenvalue weighted by Gasteiger charge is 2.30. The molecule has 0 amide bonds. The van der Waals surface area contributed by atoms with Crippen LogP contribution in [0.15, 0.2) is 10.8 Å². The van der Waals surface area contributed by atoms with Crippen LogP contribution in [-0.2, 0) is 4.74 Å². The van der Waals surface area contributed by atoms with Crippen LogP contribution in [0.4, 0.5) is 0 Å². The summed E-state index contributed by atoms with van der Waals surface area (Å²) in [6.45, 7) is 4.11. The molecule has 1 aromatic heterocycles. The lowest BCUT2D eigenvalue weighted by molar-refractivity contribution is 0.0187. The van der Waals surface area contributed by atoms with Crippen LogP contribution >= 0.6 is 11.3 Å². The van der Waals surface area contributed by atoms with Crippen molar-refractivity contribution in [1.82, 2.24) is 0 Å². The summed E-state index contributed by atoms with van der Waals surface area (Å²) in [6, 6.07) is 0. The maximum atomic E-state index is 5.69. The van der Waals surface area contributed by atoms with E-state index < -0.39 is 0 Å². The van der Waals surface area contributed by atoms with E-state index in [0.717, 1.165) is 11.5 Å². The van der Waals surface area contributed by atoms with Gasteiger partial charge in [0.05, 0.1) is 25.2 Å². The van der Waals surface area contributed by atoms with Crippen LogP contribution in [0.25, 0.3) is 0 Å². The zero-order valence-corrected chi connectivity index (χ0v) is 10.0. The van der Waals surface area contributed by atoms with Crippen LogP contribution in [0.1, 0.15) is 6.92 Å². The van der Waals surface area contributed by atoms with Gasteiger partial charge in [0.25, 0.3) is 0 Å². The fourth-order valence-electron chi connectivity index (χ4n) is 1.47. The number of terminal acetylenes is 1. The van der Waals surface area contributed by atoms with E-state index in [0.29, 0.717) is 26.4 Å². The van der Waals surface area contributed by atoms with E-state index in [1.54, 1.807) is 11.3 Å². The first-order valence-corrected chi connectivity index (χ1v) is 6.01. The van der Waals surface area contributed by atoms with Crippen molar-refractivity contribution in [2.45, 2.75) is 6.92 Å². The number of rotatable bonds is 3. The second-order valence-electron chi connectivity index (χ2n) is 4.19. The molecule has 3 nitrogen and oxygen atoms in total. The van der Waals surface area contributed by atoms with Crippen LogP contribution in [0, 0.1) is 17.8 Å². The maximum absolute atomic E-state index is 5.69. The van der Waals surface area contributed by atoms with Crippen molar-refractivity contribution < 1.29 is 14.2 Å². The summed E-state index contributed by atoms with van der Waals surface area (Å²) in [5, 5.41) is 3.90. The molecule has 0 unspecified atom stereocenters. The number of hydrogen-bond donors (Lipinski definition) is 0. The van der Waals surface area contributed by atoms with E-state index in [1.165, 1.54) is 0 Å².